The van der Waals surface area contributed by atoms with Gasteiger partial charge in [0, 0.05) is 10.9 Å². The topological polar surface area (TPSA) is 12.0 Å². The van der Waals surface area contributed by atoms with Gasteiger partial charge in [0.1, 0.15) is 0 Å². The summed E-state index contributed by atoms with van der Waals surface area (Å²) in [6.45, 7) is 3.41. The van der Waals surface area contributed by atoms with Gasteiger partial charge in [-0.15, -0.1) is 11.3 Å². The van der Waals surface area contributed by atoms with Crippen LogP contribution in [0.2, 0.25) is 0 Å². The van der Waals surface area contributed by atoms with Gasteiger partial charge in [-0.3, -0.25) is 0 Å². The maximum absolute atomic E-state index is 3.57. The summed E-state index contributed by atoms with van der Waals surface area (Å²) >= 11 is 5.32. The molecule has 1 aliphatic carbocycles. The summed E-state index contributed by atoms with van der Waals surface area (Å²) < 4.78 is 1.23. The zero-order valence-electron chi connectivity index (χ0n) is 8.42. The Morgan fingerprint density at radius 1 is 1.57 bits per heavy atom. The van der Waals surface area contributed by atoms with Crippen LogP contribution in [0.4, 0.5) is 0 Å². The highest BCUT2D eigenvalue weighted by molar-refractivity contribution is 9.11. The van der Waals surface area contributed by atoms with Crippen molar-refractivity contribution in [3.63, 3.8) is 0 Å². The highest BCUT2D eigenvalue weighted by Crippen LogP contribution is 2.32. The molecule has 1 aliphatic rings. The lowest BCUT2D eigenvalue weighted by Gasteiger charge is -2.11. The van der Waals surface area contributed by atoms with Crippen molar-refractivity contribution < 1.29 is 0 Å². The molecule has 1 nitrogen and oxygen atoms in total. The average Bonchev–Trinajstić information content (AvgIpc) is 2.87. The molecule has 1 heterocycles. The largest absolute Gasteiger partial charge is 0.309 e. The number of thiophene rings is 1. The first-order chi connectivity index (χ1) is 6.75. The van der Waals surface area contributed by atoms with Gasteiger partial charge in [0.15, 0.2) is 0 Å². The second kappa shape index (κ2) is 4.77. The number of rotatable bonds is 5. The van der Waals surface area contributed by atoms with Gasteiger partial charge >= 0.3 is 0 Å². The number of nitrogens with one attached hydrogen (secondary N) is 1. The molecule has 3 heteroatoms. The molecule has 0 amide bonds. The summed E-state index contributed by atoms with van der Waals surface area (Å²) in [5.41, 5.74) is 0. The number of halogens is 1. The van der Waals surface area contributed by atoms with Crippen LogP contribution in [0.1, 0.15) is 37.1 Å². The molecule has 0 aliphatic heterocycles. The van der Waals surface area contributed by atoms with Gasteiger partial charge in [0.25, 0.3) is 0 Å². The summed E-state index contributed by atoms with van der Waals surface area (Å²) in [6.07, 6.45) is 4.28. The molecule has 1 unspecified atom stereocenters. The van der Waals surface area contributed by atoms with E-state index in [0.29, 0.717) is 6.04 Å². The van der Waals surface area contributed by atoms with Crippen molar-refractivity contribution in [3.05, 3.63) is 20.8 Å². The second-order valence-electron chi connectivity index (χ2n) is 4.05. The summed E-state index contributed by atoms with van der Waals surface area (Å²) in [5, 5.41) is 3.57. The Hall–Kier alpha value is 0.140. The van der Waals surface area contributed by atoms with Crippen LogP contribution in [0, 0.1) is 5.92 Å². The third-order valence-corrected chi connectivity index (χ3v) is 4.53. The van der Waals surface area contributed by atoms with Crippen molar-refractivity contribution in [1.29, 1.82) is 0 Å². The molecule has 0 radical (unpaired) electrons. The van der Waals surface area contributed by atoms with Crippen molar-refractivity contribution >= 4 is 27.3 Å². The predicted octanol–water partition coefficient (Wildman–Crippen LogP) is 3.96. The Kier molecular flexibility index (Phi) is 3.63. The van der Waals surface area contributed by atoms with E-state index < -0.39 is 0 Å². The standard InChI is InChI=1S/C11H16BrNS/c1-8(10-4-5-11(12)14-10)13-7-6-9-2-3-9/h4-5,8-9,13H,2-3,6-7H2,1H3. The normalized spacial score (nSPS) is 18.4. The van der Waals surface area contributed by atoms with E-state index >= 15 is 0 Å². The summed E-state index contributed by atoms with van der Waals surface area (Å²) in [5.74, 6) is 1.03. The maximum atomic E-state index is 3.57. The molecule has 14 heavy (non-hydrogen) atoms. The first-order valence-electron chi connectivity index (χ1n) is 5.24. The quantitative estimate of drug-likeness (QED) is 0.857. The lowest BCUT2D eigenvalue weighted by Crippen LogP contribution is -2.19. The molecule has 1 aromatic heterocycles. The summed E-state index contributed by atoms with van der Waals surface area (Å²) in [7, 11) is 0. The van der Waals surface area contributed by atoms with Crippen LogP contribution in [-0.4, -0.2) is 6.54 Å². The monoisotopic (exact) mass is 273 g/mol. The molecule has 0 aromatic carbocycles. The van der Waals surface area contributed by atoms with E-state index in [-0.39, 0.29) is 0 Å². The molecule has 1 fully saturated rings. The van der Waals surface area contributed by atoms with Gasteiger partial charge in [-0.05, 0) is 53.9 Å². The average molecular weight is 274 g/mol. The Labute approximate surface area is 98.0 Å². The van der Waals surface area contributed by atoms with Crippen molar-refractivity contribution in [2.24, 2.45) is 5.92 Å². The van der Waals surface area contributed by atoms with Crippen LogP contribution in [0.15, 0.2) is 15.9 Å². The Balaban J connectivity index is 1.73. The van der Waals surface area contributed by atoms with Crippen molar-refractivity contribution in [2.75, 3.05) is 6.54 Å². The van der Waals surface area contributed by atoms with Crippen LogP contribution in [0.3, 0.4) is 0 Å². The number of hydrogen-bond donors (Lipinski definition) is 1. The van der Waals surface area contributed by atoms with Crippen molar-refractivity contribution in [3.8, 4) is 0 Å². The van der Waals surface area contributed by atoms with E-state index in [4.69, 9.17) is 0 Å². The van der Waals surface area contributed by atoms with Crippen LogP contribution in [0.5, 0.6) is 0 Å². The fourth-order valence-electron chi connectivity index (χ4n) is 1.57. The smallest absolute Gasteiger partial charge is 0.0701 e. The Morgan fingerprint density at radius 3 is 2.93 bits per heavy atom. The van der Waals surface area contributed by atoms with Gasteiger partial charge in [0.2, 0.25) is 0 Å². The molecule has 2 rings (SSSR count). The molecule has 0 spiro atoms. The Bertz CT molecular complexity index is 293. The maximum Gasteiger partial charge on any atom is 0.0701 e. The SMILES string of the molecule is CC(NCCC1CC1)c1ccc(Br)s1. The zero-order valence-corrected chi connectivity index (χ0v) is 10.8. The van der Waals surface area contributed by atoms with Crippen LogP contribution in [-0.2, 0) is 0 Å². The van der Waals surface area contributed by atoms with E-state index in [0.717, 1.165) is 5.92 Å². The third kappa shape index (κ3) is 3.07. The zero-order chi connectivity index (χ0) is 9.97. The molecule has 0 bridgehead atoms. The highest BCUT2D eigenvalue weighted by atomic mass is 79.9. The number of hydrogen-bond acceptors (Lipinski definition) is 2. The van der Waals surface area contributed by atoms with Gasteiger partial charge in [-0.1, -0.05) is 12.8 Å². The minimum atomic E-state index is 0.505. The second-order valence-corrected chi connectivity index (χ2v) is 6.54. The fraction of sp³-hybridized carbons (Fsp3) is 0.636. The fourth-order valence-corrected chi connectivity index (χ4v) is 3.02. The molecule has 1 atom stereocenters. The Morgan fingerprint density at radius 2 is 2.36 bits per heavy atom. The van der Waals surface area contributed by atoms with Crippen LogP contribution in [0.25, 0.3) is 0 Å². The molecular formula is C11H16BrNS. The van der Waals surface area contributed by atoms with Gasteiger partial charge in [-0.2, -0.15) is 0 Å². The van der Waals surface area contributed by atoms with E-state index in [1.807, 2.05) is 11.3 Å². The van der Waals surface area contributed by atoms with E-state index in [9.17, 15) is 0 Å². The molecule has 78 valence electrons. The lowest BCUT2D eigenvalue weighted by molar-refractivity contribution is 0.545. The van der Waals surface area contributed by atoms with Gasteiger partial charge < -0.3 is 5.32 Å². The third-order valence-electron chi connectivity index (χ3n) is 2.72. The highest BCUT2D eigenvalue weighted by Gasteiger charge is 2.20. The van der Waals surface area contributed by atoms with Crippen molar-refractivity contribution in [1.82, 2.24) is 5.32 Å². The molecule has 1 aromatic rings. The minimum Gasteiger partial charge on any atom is -0.309 e. The molecule has 1 N–H and O–H groups in total. The van der Waals surface area contributed by atoms with E-state index in [1.54, 1.807) is 0 Å². The predicted molar refractivity (Wildman–Crippen MR) is 65.8 cm³/mol. The van der Waals surface area contributed by atoms with Crippen molar-refractivity contribution in [2.45, 2.75) is 32.2 Å². The summed E-state index contributed by atoms with van der Waals surface area (Å²) in [4.78, 5) is 1.42. The summed E-state index contributed by atoms with van der Waals surface area (Å²) in [6, 6.07) is 4.83. The van der Waals surface area contributed by atoms with E-state index in [1.165, 1.54) is 34.5 Å². The lowest BCUT2D eigenvalue weighted by atomic mass is 10.2. The van der Waals surface area contributed by atoms with E-state index in [2.05, 4.69) is 40.3 Å². The minimum absolute atomic E-state index is 0.505. The van der Waals surface area contributed by atoms with Crippen LogP contribution < -0.4 is 5.32 Å². The van der Waals surface area contributed by atoms with Crippen LogP contribution >= 0.6 is 27.3 Å². The molecule has 1 saturated carbocycles. The van der Waals surface area contributed by atoms with Gasteiger partial charge in [0.05, 0.1) is 3.79 Å². The van der Waals surface area contributed by atoms with Gasteiger partial charge in [-0.25, -0.2) is 0 Å². The first-order valence-corrected chi connectivity index (χ1v) is 6.85. The molecular weight excluding hydrogens is 258 g/mol. The first kappa shape index (κ1) is 10.7. The molecule has 0 saturated heterocycles.